The van der Waals surface area contributed by atoms with E-state index in [2.05, 4.69) is 91.3 Å². The summed E-state index contributed by atoms with van der Waals surface area (Å²) in [6.07, 6.45) is 25.4. The zero-order chi connectivity index (χ0) is 104. The Labute approximate surface area is 849 Å². The highest BCUT2D eigenvalue weighted by Crippen LogP contribution is 2.35. The molecule has 144 heavy (non-hydrogen) atoms. The van der Waals surface area contributed by atoms with Gasteiger partial charge in [0.25, 0.3) is 11.5 Å². The van der Waals surface area contributed by atoms with Crippen LogP contribution < -0.4 is 70.0 Å². The van der Waals surface area contributed by atoms with Crippen molar-refractivity contribution < 1.29 is 108 Å². The molecule has 0 fully saturated rings. The van der Waals surface area contributed by atoms with E-state index in [4.69, 9.17) is 62.6 Å². The van der Waals surface area contributed by atoms with Gasteiger partial charge in [-0.3, -0.25) is 43.4 Å². The number of rotatable bonds is 79. The van der Waals surface area contributed by atoms with Crippen LogP contribution in [0.15, 0.2) is 108 Å². The van der Waals surface area contributed by atoms with E-state index >= 15 is 4.79 Å². The number of nitrogens with one attached hydrogen (secondary N) is 4. The molecule has 2 aromatic heterocycles. The van der Waals surface area contributed by atoms with Crippen molar-refractivity contribution in [1.29, 1.82) is 0 Å². The monoisotopic (exact) mass is 2010 g/mol. The number of halogens is 3. The van der Waals surface area contributed by atoms with Gasteiger partial charge in [0, 0.05) is 56.2 Å². The minimum Gasteiger partial charge on any atom is -0.490 e. The summed E-state index contributed by atoms with van der Waals surface area (Å²) in [4.78, 5) is 144. The largest absolute Gasteiger partial charge is 0.490 e. The number of hydrogen-bond donors (Lipinski definition) is 5. The fourth-order valence-corrected chi connectivity index (χ4v) is 15.7. The number of carbonyl (C=O) groups is 8. The minimum absolute atomic E-state index is 0.0677. The second-order valence-electron chi connectivity index (χ2n) is 36.4. The molecule has 7 aromatic rings. The molecule has 0 aliphatic heterocycles. The first kappa shape index (κ1) is 119. The molecule has 0 radical (unpaired) electrons. The maximum Gasteiger partial charge on any atom is 0.471 e. The number of aromatic amines is 1. The first-order valence-electron chi connectivity index (χ1n) is 53.0. The van der Waals surface area contributed by atoms with Gasteiger partial charge >= 0.3 is 36.0 Å². The topological polar surface area (TPSA) is 384 Å². The van der Waals surface area contributed by atoms with E-state index in [1.807, 2.05) is 66.7 Å². The Hall–Kier alpha value is -11.9. The molecule has 0 unspecified atom stereocenters. The Bertz CT molecular complexity index is 5000. The van der Waals surface area contributed by atoms with E-state index in [0.717, 1.165) is 253 Å². The van der Waals surface area contributed by atoms with Crippen LogP contribution >= 0.6 is 0 Å². The quantitative estimate of drug-likeness (QED) is 0.0134. The molecule has 7 rings (SSSR count). The lowest BCUT2D eigenvalue weighted by Gasteiger charge is -2.24. The van der Waals surface area contributed by atoms with Crippen LogP contribution in [-0.4, -0.2) is 171 Å². The number of nitrogens with zero attached hydrogens (tertiary/aromatic N) is 4. The molecule has 33 heteroatoms. The summed E-state index contributed by atoms with van der Waals surface area (Å²) >= 11 is 0. The van der Waals surface area contributed by atoms with Crippen molar-refractivity contribution >= 4 is 70.3 Å². The Balaban J connectivity index is 1.21. The summed E-state index contributed by atoms with van der Waals surface area (Å²) in [6, 6.07) is 21.3. The lowest BCUT2D eigenvalue weighted by atomic mass is 10.1. The van der Waals surface area contributed by atoms with Crippen molar-refractivity contribution in [2.45, 2.75) is 356 Å². The molecule has 0 aliphatic rings. The number of nitrogen functional groups attached to an aromatic ring is 1. The zero-order valence-corrected chi connectivity index (χ0v) is 86.5. The SMILES string of the molecule is CCCCCCOc1ccc(CCOC(=O)CC[C@@H](NC(=O)CC[C@H](NC(=O)c2ccc(N(Cc3cnc4nc(N)[nH]c(=O)c4n3)C(=O)C(F)(F)F)cc2)C(=O)N[C@H](CCC(=O)OCCc2ccc(OCCCCCC)c(OCCCCCC)c2)C(=O)OCCc2ccc(OCCCCCC)c(OCCCCCC)c2)C(=O)OCCc2ccc(OCCCCCC)c(OCCCCCC)c2)cc1OCCCCCC. The molecule has 796 valence electrons. The van der Waals surface area contributed by atoms with Gasteiger partial charge in [-0.25, -0.2) is 19.6 Å². The molecule has 2 heterocycles. The molecule has 0 aliphatic carbocycles. The van der Waals surface area contributed by atoms with E-state index in [1.54, 1.807) is 6.07 Å². The number of aromatic nitrogens is 4. The fraction of sp³-hybridized carbons (Fsp3) is 0.604. The Morgan fingerprint density at radius 3 is 1.04 bits per heavy atom. The standard InChI is InChI=1S/C111H160F3N9O21/c1-9-17-25-33-63-133-91-52-41-81(75-95(91)137-67-37-29-21-13-5)59-71-141-100(125)57-50-89(107(130)143-73-61-83-43-54-93(135-65-35-27-19-11-3)97(77-83)139-69-39-31-23-15-7)118-99(124)56-49-88(119-104(127)85-45-47-87(48-46-85)123(109(132)111(112,113)114)80-86-79-116-103-102(117-86)106(129)122-110(115)121-103)105(128)120-90(108(131)144-74-62-84-44-55-94(136-66-36-28-20-12-4)98(78-84)140-70-40-32-24-16-8)51-58-101(126)142-72-60-82-42-53-92(134-64-34-26-18-10-2)96(76-82)138-68-38-30-22-14-6/h41-48,52-55,75-79,88-90H,9-40,49-51,56-74,80H2,1-8H3,(H,118,124)(H,119,127)(H,120,128)(H3,115,116,121,122,129)/t88-,89+,90+/m0/s1. The Morgan fingerprint density at radius 1 is 0.375 bits per heavy atom. The number of ether oxygens (including phenoxy) is 12. The smallest absolute Gasteiger partial charge is 0.471 e. The summed E-state index contributed by atoms with van der Waals surface area (Å²) < 4.78 is 117. The third-order valence-electron chi connectivity index (χ3n) is 24.2. The number of nitrogens with two attached hydrogens (primary N) is 1. The van der Waals surface area contributed by atoms with Gasteiger partial charge in [0.1, 0.15) is 18.1 Å². The van der Waals surface area contributed by atoms with Crippen LogP contribution in [0.25, 0.3) is 11.2 Å². The summed E-state index contributed by atoms with van der Waals surface area (Å²) in [5, 5.41) is 7.99. The van der Waals surface area contributed by atoms with Crippen molar-refractivity contribution in [2.75, 3.05) is 89.9 Å². The average molecular weight is 2010 g/mol. The van der Waals surface area contributed by atoms with Crippen LogP contribution in [0.5, 0.6) is 46.0 Å². The molecule has 4 amide bonds. The molecule has 0 spiro atoms. The number of amides is 4. The number of unbranched alkanes of at least 4 members (excludes halogenated alkanes) is 24. The van der Waals surface area contributed by atoms with E-state index in [9.17, 15) is 51.5 Å². The average Bonchev–Trinajstić information content (AvgIpc) is 0.795. The van der Waals surface area contributed by atoms with Crippen LogP contribution in [0.1, 0.15) is 338 Å². The van der Waals surface area contributed by atoms with Gasteiger partial charge in [0.2, 0.25) is 17.8 Å². The van der Waals surface area contributed by atoms with E-state index < -0.39 is 122 Å². The van der Waals surface area contributed by atoms with Gasteiger partial charge in [-0.1, -0.05) is 234 Å². The highest BCUT2D eigenvalue weighted by Gasteiger charge is 2.44. The number of fused-ring (bicyclic) bond motifs is 1. The van der Waals surface area contributed by atoms with Crippen LogP contribution in [0.2, 0.25) is 0 Å². The van der Waals surface area contributed by atoms with Crippen LogP contribution in [0, 0.1) is 0 Å². The molecule has 0 saturated carbocycles. The fourth-order valence-electron chi connectivity index (χ4n) is 15.7. The number of esters is 4. The van der Waals surface area contributed by atoms with Crippen molar-refractivity contribution in [2.24, 2.45) is 0 Å². The van der Waals surface area contributed by atoms with Gasteiger partial charge in [0.05, 0.1) is 97.7 Å². The van der Waals surface area contributed by atoms with Crippen molar-refractivity contribution in [3.05, 3.63) is 147 Å². The van der Waals surface area contributed by atoms with Gasteiger partial charge in [-0.05, 0) is 166 Å². The number of hydrogen-bond acceptors (Lipinski definition) is 25. The first-order valence-corrected chi connectivity index (χ1v) is 53.0. The molecule has 0 bridgehead atoms. The second-order valence-corrected chi connectivity index (χ2v) is 36.4. The normalized spacial score (nSPS) is 11.9. The zero-order valence-electron chi connectivity index (χ0n) is 86.5. The summed E-state index contributed by atoms with van der Waals surface area (Å²) in [6.45, 7) is 19.4. The molecule has 6 N–H and O–H groups in total. The molecular weight excluding hydrogens is 1850 g/mol. The number of benzene rings is 5. The molecule has 30 nitrogen and oxygen atoms in total. The Kier molecular flexibility index (Phi) is 57.8. The molecule has 0 saturated heterocycles. The number of anilines is 2. The second kappa shape index (κ2) is 69.9. The third kappa shape index (κ3) is 46.4. The van der Waals surface area contributed by atoms with E-state index in [-0.39, 0.29) is 86.9 Å². The van der Waals surface area contributed by atoms with Crippen LogP contribution in [0.3, 0.4) is 0 Å². The number of H-pyrrole nitrogens is 1. The van der Waals surface area contributed by atoms with Gasteiger partial charge in [-0.15, -0.1) is 0 Å². The molecule has 3 atom stereocenters. The summed E-state index contributed by atoms with van der Waals surface area (Å²) in [7, 11) is 0. The van der Waals surface area contributed by atoms with E-state index in [1.165, 1.54) is 0 Å². The summed E-state index contributed by atoms with van der Waals surface area (Å²) in [5.74, 6) is -4.56. The molecular formula is C111H160F3N9O21. The maximum atomic E-state index is 15.4. The first-order chi connectivity index (χ1) is 69.9. The Morgan fingerprint density at radius 2 is 0.701 bits per heavy atom. The van der Waals surface area contributed by atoms with Gasteiger partial charge in [0.15, 0.2) is 57.2 Å². The van der Waals surface area contributed by atoms with Crippen molar-refractivity contribution in [3.8, 4) is 46.0 Å². The van der Waals surface area contributed by atoms with Crippen molar-refractivity contribution in [1.82, 2.24) is 35.9 Å². The minimum atomic E-state index is -5.47. The number of carbonyl (C=O) groups excluding carboxylic acids is 8. The predicted octanol–water partition coefficient (Wildman–Crippen LogP) is 21.6. The highest BCUT2D eigenvalue weighted by molar-refractivity contribution is 6.00. The van der Waals surface area contributed by atoms with Crippen molar-refractivity contribution in [3.63, 3.8) is 0 Å². The third-order valence-corrected chi connectivity index (χ3v) is 24.2. The number of alkyl halides is 3. The highest BCUT2D eigenvalue weighted by atomic mass is 19.4. The van der Waals surface area contributed by atoms with Gasteiger partial charge in [-0.2, -0.15) is 18.2 Å². The van der Waals surface area contributed by atoms with Crippen LogP contribution in [-0.2, 0) is 84.7 Å². The summed E-state index contributed by atoms with van der Waals surface area (Å²) in [5.41, 5.74) is 6.28. The van der Waals surface area contributed by atoms with E-state index in [0.29, 0.717) is 109 Å². The molecule has 5 aromatic carbocycles. The van der Waals surface area contributed by atoms with Crippen LogP contribution in [0.4, 0.5) is 24.8 Å². The lowest BCUT2D eigenvalue weighted by Crippen LogP contribution is -2.52. The maximum absolute atomic E-state index is 15.4. The lowest BCUT2D eigenvalue weighted by molar-refractivity contribution is -0.170. The predicted molar refractivity (Wildman–Crippen MR) is 550 cm³/mol. The van der Waals surface area contributed by atoms with Gasteiger partial charge < -0.3 is 78.5 Å².